The van der Waals surface area contributed by atoms with Crippen LogP contribution in [0.4, 0.5) is 13.2 Å². The molecule has 0 aromatic heterocycles. The number of alkyl halides is 3. The second-order valence-electron chi connectivity index (χ2n) is 6.89. The van der Waals surface area contributed by atoms with Gasteiger partial charge in [-0.3, -0.25) is 0 Å². The van der Waals surface area contributed by atoms with Crippen LogP contribution in [0.1, 0.15) is 50.2 Å². The number of halogens is 3. The Bertz CT molecular complexity index is 509. The molecule has 2 saturated carbocycles. The maximum absolute atomic E-state index is 12.9. The van der Waals surface area contributed by atoms with E-state index in [1.54, 1.807) is 6.07 Å². The number of benzene rings is 1. The van der Waals surface area contributed by atoms with Gasteiger partial charge in [-0.05, 0) is 55.7 Å². The van der Waals surface area contributed by atoms with E-state index in [0.717, 1.165) is 37.9 Å². The van der Waals surface area contributed by atoms with Gasteiger partial charge in [0, 0.05) is 12.0 Å². The summed E-state index contributed by atoms with van der Waals surface area (Å²) in [5, 5.41) is 3.42. The summed E-state index contributed by atoms with van der Waals surface area (Å²) < 4.78 is 38.8. The summed E-state index contributed by atoms with van der Waals surface area (Å²) in [6.45, 7) is 3.82. The highest BCUT2D eigenvalue weighted by molar-refractivity contribution is 5.37. The Morgan fingerprint density at radius 2 is 1.90 bits per heavy atom. The van der Waals surface area contributed by atoms with E-state index >= 15 is 0 Å². The van der Waals surface area contributed by atoms with Crippen LogP contribution < -0.4 is 5.32 Å². The van der Waals surface area contributed by atoms with Gasteiger partial charge in [-0.25, -0.2) is 0 Å². The molecule has 0 aliphatic heterocycles. The van der Waals surface area contributed by atoms with E-state index < -0.39 is 11.7 Å². The summed E-state index contributed by atoms with van der Waals surface area (Å²) in [5.41, 5.74) is 0.708. The number of hydrogen-bond donors (Lipinski definition) is 1. The first kappa shape index (κ1) is 14.9. The lowest BCUT2D eigenvalue weighted by Gasteiger charge is -2.50. The minimum absolute atomic E-state index is 0.0903. The fourth-order valence-electron chi connectivity index (χ4n) is 3.88. The van der Waals surface area contributed by atoms with Crippen LogP contribution in [0.3, 0.4) is 0 Å². The molecule has 116 valence electrons. The Kier molecular flexibility index (Phi) is 3.55. The second-order valence-corrected chi connectivity index (χ2v) is 6.89. The third-order valence-corrected chi connectivity index (χ3v) is 5.08. The molecule has 4 heteroatoms. The Hall–Kier alpha value is -1.03. The number of rotatable bonds is 5. The maximum atomic E-state index is 12.9. The Balaban J connectivity index is 1.83. The van der Waals surface area contributed by atoms with Crippen molar-refractivity contribution in [1.82, 2.24) is 5.32 Å². The van der Waals surface area contributed by atoms with E-state index in [1.807, 2.05) is 6.07 Å². The van der Waals surface area contributed by atoms with Crippen molar-refractivity contribution < 1.29 is 13.2 Å². The van der Waals surface area contributed by atoms with Gasteiger partial charge < -0.3 is 5.32 Å². The molecule has 1 spiro atoms. The molecule has 1 N–H and O–H groups in total. The van der Waals surface area contributed by atoms with E-state index in [2.05, 4.69) is 12.2 Å². The highest BCUT2D eigenvalue weighted by atomic mass is 19.4. The van der Waals surface area contributed by atoms with Crippen LogP contribution in [-0.2, 0) is 11.6 Å². The molecule has 2 fully saturated rings. The minimum Gasteiger partial charge on any atom is -0.316 e. The molecule has 0 atom stereocenters. The summed E-state index contributed by atoms with van der Waals surface area (Å²) in [5.74, 6) is 0. The van der Waals surface area contributed by atoms with Crippen LogP contribution in [0.2, 0.25) is 0 Å². The fraction of sp³-hybridized carbons (Fsp3) is 0.647. The van der Waals surface area contributed by atoms with Crippen molar-refractivity contribution in [3.63, 3.8) is 0 Å². The third kappa shape index (κ3) is 2.83. The van der Waals surface area contributed by atoms with Crippen molar-refractivity contribution in [1.29, 1.82) is 0 Å². The first-order chi connectivity index (χ1) is 9.89. The third-order valence-electron chi connectivity index (χ3n) is 5.08. The SMILES string of the molecule is CCCNCC1(c2cccc(C(F)(F)F)c2)CC2(CC2)C1. The average Bonchev–Trinajstić information content (AvgIpc) is 3.17. The monoisotopic (exact) mass is 297 g/mol. The lowest BCUT2D eigenvalue weighted by molar-refractivity contribution is -0.137. The molecular formula is C17H22F3N. The van der Waals surface area contributed by atoms with E-state index in [9.17, 15) is 13.2 Å². The van der Waals surface area contributed by atoms with E-state index in [0.29, 0.717) is 5.41 Å². The topological polar surface area (TPSA) is 12.0 Å². The number of nitrogens with one attached hydrogen (secondary N) is 1. The lowest BCUT2D eigenvalue weighted by Crippen LogP contribution is -2.49. The van der Waals surface area contributed by atoms with E-state index in [1.165, 1.54) is 25.0 Å². The van der Waals surface area contributed by atoms with Gasteiger partial charge in [-0.2, -0.15) is 13.2 Å². The minimum atomic E-state index is -4.25. The standard InChI is InChI=1S/C17H22F3N/c1-2-8-21-12-16(10-15(11-16)6-7-15)13-4-3-5-14(9-13)17(18,19)20/h3-5,9,21H,2,6-8,10-12H2,1H3. The summed E-state index contributed by atoms with van der Waals surface area (Å²) >= 11 is 0. The quantitative estimate of drug-likeness (QED) is 0.788. The van der Waals surface area contributed by atoms with Gasteiger partial charge >= 0.3 is 6.18 Å². The smallest absolute Gasteiger partial charge is 0.316 e. The summed E-state index contributed by atoms with van der Waals surface area (Å²) in [6, 6.07) is 5.96. The molecule has 0 radical (unpaired) electrons. The molecule has 0 heterocycles. The van der Waals surface area contributed by atoms with Gasteiger partial charge in [0.2, 0.25) is 0 Å². The zero-order valence-corrected chi connectivity index (χ0v) is 12.4. The Morgan fingerprint density at radius 3 is 2.48 bits per heavy atom. The molecule has 1 aromatic rings. The van der Waals surface area contributed by atoms with Crippen molar-refractivity contribution in [3.05, 3.63) is 35.4 Å². The predicted octanol–water partition coefficient (Wildman–Crippen LogP) is 4.52. The van der Waals surface area contributed by atoms with Gasteiger partial charge in [-0.15, -0.1) is 0 Å². The molecule has 0 amide bonds. The fourth-order valence-corrected chi connectivity index (χ4v) is 3.88. The maximum Gasteiger partial charge on any atom is 0.416 e. The lowest BCUT2D eigenvalue weighted by atomic mass is 9.56. The Morgan fingerprint density at radius 1 is 1.19 bits per heavy atom. The van der Waals surface area contributed by atoms with Crippen LogP contribution in [0.5, 0.6) is 0 Å². The van der Waals surface area contributed by atoms with Crippen molar-refractivity contribution in [2.45, 2.75) is 50.6 Å². The van der Waals surface area contributed by atoms with Gasteiger partial charge in [0.25, 0.3) is 0 Å². The molecule has 3 rings (SSSR count). The van der Waals surface area contributed by atoms with E-state index in [-0.39, 0.29) is 5.41 Å². The number of hydrogen-bond acceptors (Lipinski definition) is 1. The average molecular weight is 297 g/mol. The first-order valence-corrected chi connectivity index (χ1v) is 7.78. The first-order valence-electron chi connectivity index (χ1n) is 7.78. The van der Waals surface area contributed by atoms with Crippen molar-refractivity contribution >= 4 is 0 Å². The second kappa shape index (κ2) is 5.01. The molecular weight excluding hydrogens is 275 g/mol. The largest absolute Gasteiger partial charge is 0.416 e. The molecule has 0 saturated heterocycles. The van der Waals surface area contributed by atoms with Crippen molar-refractivity contribution in [2.24, 2.45) is 5.41 Å². The van der Waals surface area contributed by atoms with Gasteiger partial charge in [0.15, 0.2) is 0 Å². The molecule has 21 heavy (non-hydrogen) atoms. The zero-order chi connectivity index (χ0) is 15.1. The molecule has 1 aromatic carbocycles. The van der Waals surface area contributed by atoms with Crippen LogP contribution in [0.25, 0.3) is 0 Å². The summed E-state index contributed by atoms with van der Waals surface area (Å²) in [4.78, 5) is 0. The van der Waals surface area contributed by atoms with E-state index in [4.69, 9.17) is 0 Å². The summed E-state index contributed by atoms with van der Waals surface area (Å²) in [7, 11) is 0. The predicted molar refractivity (Wildman–Crippen MR) is 77.2 cm³/mol. The molecule has 1 nitrogen and oxygen atoms in total. The van der Waals surface area contributed by atoms with Gasteiger partial charge in [0.05, 0.1) is 5.56 Å². The normalized spacial score (nSPS) is 22.1. The Labute approximate surface area is 123 Å². The molecule has 2 aliphatic carbocycles. The van der Waals surface area contributed by atoms with Gasteiger partial charge in [0.1, 0.15) is 0 Å². The molecule has 0 unspecified atom stereocenters. The van der Waals surface area contributed by atoms with Crippen LogP contribution in [-0.4, -0.2) is 13.1 Å². The van der Waals surface area contributed by atoms with Crippen molar-refractivity contribution in [2.75, 3.05) is 13.1 Å². The molecule has 2 aliphatic rings. The van der Waals surface area contributed by atoms with Crippen molar-refractivity contribution in [3.8, 4) is 0 Å². The highest BCUT2D eigenvalue weighted by Crippen LogP contribution is 2.68. The van der Waals surface area contributed by atoms with Crippen LogP contribution in [0, 0.1) is 5.41 Å². The summed E-state index contributed by atoms with van der Waals surface area (Å²) in [6.07, 6.45) is 1.37. The zero-order valence-electron chi connectivity index (χ0n) is 12.4. The van der Waals surface area contributed by atoms with Crippen LogP contribution in [0.15, 0.2) is 24.3 Å². The highest BCUT2D eigenvalue weighted by Gasteiger charge is 2.61. The van der Waals surface area contributed by atoms with Gasteiger partial charge in [-0.1, -0.05) is 25.1 Å². The van der Waals surface area contributed by atoms with Crippen LogP contribution >= 0.6 is 0 Å². The molecule has 0 bridgehead atoms.